The molecule has 2 aliphatic rings. The molecule has 1 spiro atoms. The maximum atomic E-state index is 13.9. The van der Waals surface area contributed by atoms with Crippen molar-refractivity contribution in [2.75, 3.05) is 18.1 Å². The van der Waals surface area contributed by atoms with Crippen LogP contribution in [0.4, 0.5) is 4.39 Å². The zero-order valence-electron chi connectivity index (χ0n) is 11.8. The molecule has 21 heavy (non-hydrogen) atoms. The molecule has 0 bridgehead atoms. The van der Waals surface area contributed by atoms with Gasteiger partial charge in [0.25, 0.3) is 0 Å². The van der Waals surface area contributed by atoms with Crippen molar-refractivity contribution < 1.29 is 13.9 Å². The number of ether oxygens (including phenoxy) is 2. The van der Waals surface area contributed by atoms with Gasteiger partial charge < -0.3 is 9.47 Å². The number of benzene rings is 1. The minimum Gasteiger partial charge on any atom is -0.487 e. The third-order valence-electron chi connectivity index (χ3n) is 4.21. The first kappa shape index (κ1) is 14.7. The number of hydrogen-bond acceptors (Lipinski definition) is 4. The van der Waals surface area contributed by atoms with Crippen LogP contribution in [0.25, 0.3) is 0 Å². The molecule has 0 radical (unpaired) electrons. The van der Waals surface area contributed by atoms with Crippen molar-refractivity contribution in [3.05, 3.63) is 29.6 Å². The van der Waals surface area contributed by atoms with Crippen molar-refractivity contribution in [3.63, 3.8) is 0 Å². The molecule has 1 aromatic rings. The number of thioether (sulfide) groups is 1. The van der Waals surface area contributed by atoms with Gasteiger partial charge in [-0.2, -0.15) is 17.0 Å². The third-order valence-corrected chi connectivity index (χ3v) is 5.19. The predicted molar refractivity (Wildman–Crippen MR) is 80.0 cm³/mol. The van der Waals surface area contributed by atoms with Gasteiger partial charge in [0.05, 0.1) is 23.8 Å². The summed E-state index contributed by atoms with van der Waals surface area (Å²) >= 11 is 1.96. The molecule has 2 aliphatic heterocycles. The number of rotatable bonds is 2. The lowest BCUT2D eigenvalue weighted by atomic mass is 9.86. The number of nitriles is 1. The maximum absolute atomic E-state index is 13.9. The average Bonchev–Trinajstić information content (AvgIpc) is 2.50. The molecule has 0 aliphatic carbocycles. The van der Waals surface area contributed by atoms with Gasteiger partial charge in [-0.3, -0.25) is 0 Å². The summed E-state index contributed by atoms with van der Waals surface area (Å²) in [7, 11) is 0. The van der Waals surface area contributed by atoms with Crippen molar-refractivity contribution in [3.8, 4) is 11.8 Å². The third kappa shape index (κ3) is 3.33. The monoisotopic (exact) mass is 307 g/mol. The summed E-state index contributed by atoms with van der Waals surface area (Å²) in [6.07, 6.45) is 3.70. The van der Waals surface area contributed by atoms with E-state index in [1.54, 1.807) is 12.1 Å². The molecule has 1 aromatic carbocycles. The van der Waals surface area contributed by atoms with E-state index in [0.717, 1.165) is 37.2 Å². The highest BCUT2D eigenvalue weighted by molar-refractivity contribution is 7.99. The standard InChI is InChI=1S/C16H18FNO2S/c17-14-9-12(11-18)1-2-15(14)20-13-3-6-19-16(10-13)4-7-21-8-5-16/h1-2,9,13H,3-8,10H2. The first-order chi connectivity index (χ1) is 10.2. The highest BCUT2D eigenvalue weighted by Gasteiger charge is 2.39. The second kappa shape index (κ2) is 6.25. The zero-order valence-corrected chi connectivity index (χ0v) is 12.6. The fourth-order valence-corrected chi connectivity index (χ4v) is 4.26. The topological polar surface area (TPSA) is 42.2 Å². The van der Waals surface area contributed by atoms with E-state index >= 15 is 0 Å². The average molecular weight is 307 g/mol. The van der Waals surface area contributed by atoms with E-state index in [1.165, 1.54) is 6.07 Å². The van der Waals surface area contributed by atoms with Gasteiger partial charge in [-0.15, -0.1) is 0 Å². The minimum atomic E-state index is -0.464. The van der Waals surface area contributed by atoms with E-state index in [-0.39, 0.29) is 17.5 Å². The smallest absolute Gasteiger partial charge is 0.166 e. The Balaban J connectivity index is 1.68. The minimum absolute atomic E-state index is 0.00992. The molecule has 2 fully saturated rings. The van der Waals surface area contributed by atoms with Gasteiger partial charge in [0.15, 0.2) is 11.6 Å². The van der Waals surface area contributed by atoms with Gasteiger partial charge in [0.1, 0.15) is 6.10 Å². The fourth-order valence-electron chi connectivity index (χ4n) is 3.02. The second-order valence-corrected chi connectivity index (χ2v) is 6.86. The van der Waals surface area contributed by atoms with Gasteiger partial charge in [0.2, 0.25) is 0 Å². The van der Waals surface area contributed by atoms with Crippen LogP contribution in [0.3, 0.4) is 0 Å². The summed E-state index contributed by atoms with van der Waals surface area (Å²) in [6.45, 7) is 0.674. The lowest BCUT2D eigenvalue weighted by Crippen LogP contribution is -2.46. The molecule has 112 valence electrons. The van der Waals surface area contributed by atoms with E-state index in [2.05, 4.69) is 0 Å². The van der Waals surface area contributed by atoms with Crippen molar-refractivity contribution >= 4 is 11.8 Å². The molecular weight excluding hydrogens is 289 g/mol. The highest BCUT2D eigenvalue weighted by Crippen LogP contribution is 2.38. The van der Waals surface area contributed by atoms with Crippen LogP contribution in [0.1, 0.15) is 31.2 Å². The van der Waals surface area contributed by atoms with Crippen LogP contribution in [-0.4, -0.2) is 29.8 Å². The van der Waals surface area contributed by atoms with Crippen molar-refractivity contribution in [2.24, 2.45) is 0 Å². The fraction of sp³-hybridized carbons (Fsp3) is 0.562. The van der Waals surface area contributed by atoms with Crippen LogP contribution in [-0.2, 0) is 4.74 Å². The Labute approximate surface area is 128 Å². The Kier molecular flexibility index (Phi) is 4.37. The molecule has 1 unspecified atom stereocenters. The van der Waals surface area contributed by atoms with Crippen LogP contribution < -0.4 is 4.74 Å². The maximum Gasteiger partial charge on any atom is 0.166 e. The highest BCUT2D eigenvalue weighted by atomic mass is 32.2. The molecule has 3 rings (SSSR count). The van der Waals surface area contributed by atoms with Gasteiger partial charge in [-0.1, -0.05) is 0 Å². The van der Waals surface area contributed by atoms with Crippen LogP contribution in [0.2, 0.25) is 0 Å². The van der Waals surface area contributed by atoms with E-state index in [9.17, 15) is 4.39 Å². The van der Waals surface area contributed by atoms with Crippen LogP contribution in [0, 0.1) is 17.1 Å². The van der Waals surface area contributed by atoms with Crippen LogP contribution in [0.15, 0.2) is 18.2 Å². The summed E-state index contributed by atoms with van der Waals surface area (Å²) in [5.41, 5.74) is 0.240. The van der Waals surface area contributed by atoms with E-state index in [0.29, 0.717) is 12.2 Å². The Morgan fingerprint density at radius 2 is 2.19 bits per heavy atom. The van der Waals surface area contributed by atoms with Gasteiger partial charge in [-0.25, -0.2) is 4.39 Å². The van der Waals surface area contributed by atoms with Crippen LogP contribution in [0.5, 0.6) is 5.75 Å². The summed E-state index contributed by atoms with van der Waals surface area (Å²) in [5, 5.41) is 8.76. The molecule has 0 saturated carbocycles. The lowest BCUT2D eigenvalue weighted by Gasteiger charge is -2.43. The number of nitrogens with zero attached hydrogens (tertiary/aromatic N) is 1. The summed E-state index contributed by atoms with van der Waals surface area (Å²) < 4.78 is 25.8. The predicted octanol–water partition coefficient (Wildman–Crippen LogP) is 3.52. The first-order valence-electron chi connectivity index (χ1n) is 7.29. The molecule has 3 nitrogen and oxygen atoms in total. The van der Waals surface area contributed by atoms with Crippen molar-refractivity contribution in [1.82, 2.24) is 0 Å². The first-order valence-corrected chi connectivity index (χ1v) is 8.44. The number of halogens is 1. The van der Waals surface area contributed by atoms with Crippen molar-refractivity contribution in [2.45, 2.75) is 37.4 Å². The van der Waals surface area contributed by atoms with Crippen LogP contribution >= 0.6 is 11.8 Å². The molecule has 0 aromatic heterocycles. The summed E-state index contributed by atoms with van der Waals surface area (Å²) in [4.78, 5) is 0. The summed E-state index contributed by atoms with van der Waals surface area (Å²) in [6, 6.07) is 6.29. The Hall–Kier alpha value is -1.25. The van der Waals surface area contributed by atoms with E-state index in [4.69, 9.17) is 14.7 Å². The Bertz CT molecular complexity index is 546. The summed E-state index contributed by atoms with van der Waals surface area (Å²) in [5.74, 6) is 2.02. The Morgan fingerprint density at radius 1 is 1.38 bits per heavy atom. The lowest BCUT2D eigenvalue weighted by molar-refractivity contribution is -0.116. The van der Waals surface area contributed by atoms with Crippen molar-refractivity contribution in [1.29, 1.82) is 5.26 Å². The van der Waals surface area contributed by atoms with Gasteiger partial charge >= 0.3 is 0 Å². The molecule has 2 saturated heterocycles. The molecule has 5 heteroatoms. The number of hydrogen-bond donors (Lipinski definition) is 0. The molecule has 2 heterocycles. The molecular formula is C16H18FNO2S. The van der Waals surface area contributed by atoms with E-state index in [1.807, 2.05) is 17.8 Å². The SMILES string of the molecule is N#Cc1ccc(OC2CCOC3(CCSCC3)C2)c(F)c1. The zero-order chi connectivity index (χ0) is 14.7. The molecule has 1 atom stereocenters. The Morgan fingerprint density at radius 3 is 2.90 bits per heavy atom. The van der Waals surface area contributed by atoms with Gasteiger partial charge in [0, 0.05) is 12.8 Å². The largest absolute Gasteiger partial charge is 0.487 e. The van der Waals surface area contributed by atoms with E-state index < -0.39 is 5.82 Å². The van der Waals surface area contributed by atoms with Gasteiger partial charge in [-0.05, 0) is 42.5 Å². The second-order valence-electron chi connectivity index (χ2n) is 5.63. The molecule has 0 amide bonds. The molecule has 0 N–H and O–H groups in total. The quantitative estimate of drug-likeness (QED) is 0.838. The normalized spacial score (nSPS) is 24.5.